The van der Waals surface area contributed by atoms with E-state index in [1.807, 2.05) is 0 Å². The molecule has 4 nitrogen and oxygen atoms in total. The van der Waals surface area contributed by atoms with Gasteiger partial charge in [-0.05, 0) is 0 Å². The first-order valence-electron chi connectivity index (χ1n) is 1.45. The lowest BCUT2D eigenvalue weighted by molar-refractivity contribution is -0.274. The Kier molecular flexibility index (Phi) is 4.25. The van der Waals surface area contributed by atoms with Gasteiger partial charge in [0.15, 0.2) is 0 Å². The van der Waals surface area contributed by atoms with Crippen LogP contribution in [0.4, 0.5) is 13.2 Å². The van der Waals surface area contributed by atoms with Crippen LogP contribution in [0.2, 0.25) is 0 Å². The van der Waals surface area contributed by atoms with E-state index in [0.29, 0.717) is 0 Å². The van der Waals surface area contributed by atoms with Crippen molar-refractivity contribution in [2.75, 3.05) is 0 Å². The second-order valence-electron chi connectivity index (χ2n) is 0.957. The van der Waals surface area contributed by atoms with Gasteiger partial charge in [0, 0.05) is 0 Å². The molecule has 10 heavy (non-hydrogen) atoms. The lowest BCUT2D eigenvalue weighted by Crippen LogP contribution is -2.18. The fourth-order valence-corrected chi connectivity index (χ4v) is 0.358. The van der Waals surface area contributed by atoms with Gasteiger partial charge < -0.3 is 0 Å². The molecule has 1 N–H and O–H groups in total. The van der Waals surface area contributed by atoms with Crippen molar-refractivity contribution in [2.24, 2.45) is 0 Å². The molecular formula is CH2ClF3O4S. The van der Waals surface area contributed by atoms with Crippen LogP contribution in [0.15, 0.2) is 0 Å². The van der Waals surface area contributed by atoms with Crippen molar-refractivity contribution < 1.29 is 30.3 Å². The summed E-state index contributed by atoms with van der Waals surface area (Å²) in [5.41, 5.74) is 0. The van der Waals surface area contributed by atoms with Crippen LogP contribution in [-0.4, -0.2) is 19.3 Å². The maximum Gasteiger partial charge on any atom is 0.538 e. The van der Waals surface area contributed by atoms with E-state index in [-0.39, 0.29) is 12.4 Å². The summed E-state index contributed by atoms with van der Waals surface area (Å²) in [6.07, 6.45) is -5.35. The van der Waals surface area contributed by atoms with Crippen molar-refractivity contribution in [2.45, 2.75) is 6.36 Å². The molecule has 0 amide bonds. The Labute approximate surface area is 60.3 Å². The molecule has 0 fully saturated rings. The number of rotatable bonds is 1. The van der Waals surface area contributed by atoms with E-state index in [0.717, 1.165) is 0 Å². The van der Waals surface area contributed by atoms with Gasteiger partial charge in [-0.15, -0.1) is 29.8 Å². The average Bonchev–Trinajstić information content (AvgIpc) is 1.14. The van der Waals surface area contributed by atoms with E-state index >= 15 is 0 Å². The molecule has 0 spiro atoms. The van der Waals surface area contributed by atoms with Crippen LogP contribution in [0.1, 0.15) is 0 Å². The molecule has 0 aromatic carbocycles. The molecule has 64 valence electrons. The number of halogens is 4. The van der Waals surface area contributed by atoms with Gasteiger partial charge in [-0.25, -0.2) is 0 Å². The van der Waals surface area contributed by atoms with Crippen molar-refractivity contribution in [3.8, 4) is 0 Å². The van der Waals surface area contributed by atoms with Crippen LogP contribution in [0.3, 0.4) is 0 Å². The monoisotopic (exact) mass is 202 g/mol. The molecule has 0 saturated heterocycles. The Morgan fingerprint density at radius 1 is 1.30 bits per heavy atom. The van der Waals surface area contributed by atoms with E-state index in [1.165, 1.54) is 0 Å². The second-order valence-corrected chi connectivity index (χ2v) is 1.98. The highest BCUT2D eigenvalue weighted by Crippen LogP contribution is 2.17. The zero-order valence-electron chi connectivity index (χ0n) is 4.12. The summed E-state index contributed by atoms with van der Waals surface area (Å²) >= 11 is 0. The normalized spacial score (nSPS) is 12.4. The molecule has 0 heterocycles. The molecule has 0 radical (unpaired) electrons. The van der Waals surface area contributed by atoms with E-state index in [9.17, 15) is 21.6 Å². The Morgan fingerprint density at radius 3 is 1.60 bits per heavy atom. The average molecular weight is 203 g/mol. The molecule has 0 aromatic rings. The molecule has 0 aliphatic rings. The Hall–Kier alpha value is -0.0500. The zero-order valence-corrected chi connectivity index (χ0v) is 5.76. The molecule has 0 rings (SSSR count). The van der Waals surface area contributed by atoms with Gasteiger partial charge in [0.25, 0.3) is 0 Å². The van der Waals surface area contributed by atoms with Gasteiger partial charge in [0.2, 0.25) is 0 Å². The summed E-state index contributed by atoms with van der Waals surface area (Å²) in [4.78, 5) is 0. The Bertz CT molecular complexity index is 181. The third-order valence-electron chi connectivity index (χ3n) is 0.200. The highest BCUT2D eigenvalue weighted by Gasteiger charge is 2.35. The van der Waals surface area contributed by atoms with Crippen LogP contribution < -0.4 is 0 Å². The summed E-state index contributed by atoms with van der Waals surface area (Å²) in [6, 6.07) is 0. The minimum Gasteiger partial charge on any atom is -0.263 e. The maximum absolute atomic E-state index is 10.8. The first-order valence-corrected chi connectivity index (χ1v) is 2.82. The standard InChI is InChI=1S/CHF3O4S.ClH/c2-1(3,4)8-9(5,6)7;/h(H,5,6,7);1H. The van der Waals surface area contributed by atoms with E-state index < -0.39 is 16.8 Å². The maximum atomic E-state index is 10.8. The van der Waals surface area contributed by atoms with Crippen LogP contribution in [0.5, 0.6) is 0 Å². The zero-order chi connectivity index (χ0) is 7.71. The van der Waals surface area contributed by atoms with Crippen LogP contribution in [-0.2, 0) is 14.6 Å². The first-order chi connectivity index (χ1) is 3.71. The lowest BCUT2D eigenvalue weighted by atomic mass is 11.4. The number of hydrogen-bond acceptors (Lipinski definition) is 3. The third kappa shape index (κ3) is 10.8. The molecule has 0 saturated carbocycles. The molecule has 0 unspecified atom stereocenters. The van der Waals surface area contributed by atoms with Gasteiger partial charge in [-0.3, -0.25) is 4.55 Å². The molecular weight excluding hydrogens is 201 g/mol. The summed E-state index contributed by atoms with van der Waals surface area (Å²) < 4.78 is 60.4. The summed E-state index contributed by atoms with van der Waals surface area (Å²) in [5.74, 6) is 0. The highest BCUT2D eigenvalue weighted by atomic mass is 35.5. The number of hydrogen-bond donors (Lipinski definition) is 1. The highest BCUT2D eigenvalue weighted by molar-refractivity contribution is 7.80. The SMILES string of the molecule is Cl.O=S(=O)(O)OC(F)(F)F. The Balaban J connectivity index is 0. The molecule has 0 aromatic heterocycles. The molecule has 0 aliphatic heterocycles. The first kappa shape index (κ1) is 12.6. The van der Waals surface area contributed by atoms with Gasteiger partial charge in [0.05, 0.1) is 0 Å². The van der Waals surface area contributed by atoms with Gasteiger partial charge in [-0.1, -0.05) is 0 Å². The van der Waals surface area contributed by atoms with Crippen LogP contribution >= 0.6 is 12.4 Å². The second kappa shape index (κ2) is 3.37. The summed E-state index contributed by atoms with van der Waals surface area (Å²) in [5, 5.41) is 0. The van der Waals surface area contributed by atoms with Crippen molar-refractivity contribution in [3.63, 3.8) is 0 Å². The predicted molar refractivity (Wildman–Crippen MR) is 25.9 cm³/mol. The van der Waals surface area contributed by atoms with Crippen molar-refractivity contribution in [1.29, 1.82) is 0 Å². The third-order valence-corrected chi connectivity index (χ3v) is 0.599. The summed E-state index contributed by atoms with van der Waals surface area (Å²) in [7, 11) is -5.41. The van der Waals surface area contributed by atoms with E-state index in [4.69, 9.17) is 4.55 Å². The quantitative estimate of drug-likeness (QED) is 0.638. The smallest absolute Gasteiger partial charge is 0.263 e. The largest absolute Gasteiger partial charge is 0.538 e. The van der Waals surface area contributed by atoms with Gasteiger partial charge in [0.1, 0.15) is 0 Å². The van der Waals surface area contributed by atoms with Crippen LogP contribution in [0, 0.1) is 0 Å². The molecule has 0 atom stereocenters. The topological polar surface area (TPSA) is 63.6 Å². The van der Waals surface area contributed by atoms with Crippen LogP contribution in [0.25, 0.3) is 0 Å². The van der Waals surface area contributed by atoms with Crippen molar-refractivity contribution in [3.05, 3.63) is 0 Å². The predicted octanol–water partition coefficient (Wildman–Crippen LogP) is 0.747. The molecule has 0 aliphatic carbocycles. The minimum atomic E-state index is -5.41. The minimum absolute atomic E-state index is 0. The molecule has 9 heteroatoms. The lowest BCUT2D eigenvalue weighted by Gasteiger charge is -2.00. The van der Waals surface area contributed by atoms with E-state index in [1.54, 1.807) is 0 Å². The number of alkyl halides is 3. The van der Waals surface area contributed by atoms with Crippen molar-refractivity contribution >= 4 is 22.8 Å². The van der Waals surface area contributed by atoms with Gasteiger partial charge >= 0.3 is 16.8 Å². The fourth-order valence-electron chi connectivity index (χ4n) is 0.119. The van der Waals surface area contributed by atoms with Gasteiger partial charge in [-0.2, -0.15) is 8.42 Å². The van der Waals surface area contributed by atoms with E-state index in [2.05, 4.69) is 4.18 Å². The fraction of sp³-hybridized carbons (Fsp3) is 1.00. The Morgan fingerprint density at radius 2 is 1.60 bits per heavy atom. The van der Waals surface area contributed by atoms with Crippen molar-refractivity contribution in [1.82, 2.24) is 0 Å². The summed E-state index contributed by atoms with van der Waals surface area (Å²) in [6.45, 7) is 0. The molecule has 0 bridgehead atoms.